The summed E-state index contributed by atoms with van der Waals surface area (Å²) in [6, 6.07) is 9.69. The van der Waals surface area contributed by atoms with Crippen LogP contribution < -0.4 is 18.9 Å². The molecule has 0 heterocycles. The van der Waals surface area contributed by atoms with Gasteiger partial charge in [0, 0.05) is 6.42 Å². The van der Waals surface area contributed by atoms with Crippen molar-refractivity contribution >= 4 is 11.9 Å². The van der Waals surface area contributed by atoms with Crippen molar-refractivity contribution in [3.05, 3.63) is 47.5 Å². The van der Waals surface area contributed by atoms with Gasteiger partial charge in [-0.25, -0.2) is 9.59 Å². The summed E-state index contributed by atoms with van der Waals surface area (Å²) in [7, 11) is 5.93. The van der Waals surface area contributed by atoms with Gasteiger partial charge in [-0.15, -0.1) is 0 Å². The van der Waals surface area contributed by atoms with Crippen LogP contribution in [0.1, 0.15) is 27.1 Å². The van der Waals surface area contributed by atoms with Gasteiger partial charge in [-0.3, -0.25) is 0 Å². The van der Waals surface area contributed by atoms with E-state index in [2.05, 4.69) is 0 Å². The van der Waals surface area contributed by atoms with Crippen LogP contribution in [0.15, 0.2) is 36.4 Å². The Bertz CT molecular complexity index is 777. The maximum atomic E-state index is 12.3. The molecule has 0 aliphatic carbocycles. The van der Waals surface area contributed by atoms with E-state index in [1.165, 1.54) is 40.6 Å². The third kappa shape index (κ3) is 5.78. The van der Waals surface area contributed by atoms with Gasteiger partial charge in [0.1, 0.15) is 34.1 Å². The van der Waals surface area contributed by atoms with Crippen LogP contribution in [-0.4, -0.2) is 53.6 Å². The number of hydrogen-bond acceptors (Lipinski definition) is 8. The fourth-order valence-corrected chi connectivity index (χ4v) is 2.49. The van der Waals surface area contributed by atoms with Crippen LogP contribution in [0.25, 0.3) is 0 Å². The number of rotatable bonds is 10. The molecule has 0 unspecified atom stereocenters. The van der Waals surface area contributed by atoms with E-state index in [9.17, 15) is 9.59 Å². The first kappa shape index (κ1) is 21.9. The molecule has 0 fully saturated rings. The second-order valence-corrected chi connectivity index (χ2v) is 5.76. The highest BCUT2D eigenvalue weighted by atomic mass is 16.5. The van der Waals surface area contributed by atoms with E-state index < -0.39 is 11.9 Å². The molecule has 2 aromatic rings. The predicted molar refractivity (Wildman–Crippen MR) is 104 cm³/mol. The summed E-state index contributed by atoms with van der Waals surface area (Å²) >= 11 is 0. The second-order valence-electron chi connectivity index (χ2n) is 5.76. The zero-order chi connectivity index (χ0) is 21.2. The van der Waals surface area contributed by atoms with Gasteiger partial charge in [0.05, 0.1) is 41.7 Å². The molecule has 0 atom stereocenters. The van der Waals surface area contributed by atoms with Crippen molar-refractivity contribution in [1.82, 2.24) is 0 Å². The molecule has 2 rings (SSSR count). The number of methoxy groups -OCH3 is 4. The average Bonchev–Trinajstić information content (AvgIpc) is 2.77. The Labute approximate surface area is 169 Å². The maximum Gasteiger partial charge on any atom is 0.342 e. The van der Waals surface area contributed by atoms with E-state index in [1.807, 2.05) is 0 Å². The van der Waals surface area contributed by atoms with Crippen LogP contribution in [0.3, 0.4) is 0 Å². The molecular formula is C21H24O8. The van der Waals surface area contributed by atoms with Crippen molar-refractivity contribution in [1.29, 1.82) is 0 Å². The molecule has 0 N–H and O–H groups in total. The first-order valence-corrected chi connectivity index (χ1v) is 8.82. The molecule has 0 amide bonds. The predicted octanol–water partition coefficient (Wildman–Crippen LogP) is 3.12. The molecule has 0 saturated carbocycles. The summed E-state index contributed by atoms with van der Waals surface area (Å²) in [6.45, 7) is 0.142. The summed E-state index contributed by atoms with van der Waals surface area (Å²) in [5, 5.41) is 0. The lowest BCUT2D eigenvalue weighted by Gasteiger charge is -2.11. The summed E-state index contributed by atoms with van der Waals surface area (Å²) in [5.74, 6) is 0.681. The molecule has 0 radical (unpaired) electrons. The molecule has 156 valence electrons. The number of ether oxygens (including phenoxy) is 6. The maximum absolute atomic E-state index is 12.3. The van der Waals surface area contributed by atoms with Crippen molar-refractivity contribution in [2.75, 3.05) is 41.7 Å². The summed E-state index contributed by atoms with van der Waals surface area (Å²) in [5.41, 5.74) is 0.509. The van der Waals surface area contributed by atoms with Gasteiger partial charge >= 0.3 is 11.9 Å². The minimum atomic E-state index is -0.554. The monoisotopic (exact) mass is 404 g/mol. The summed E-state index contributed by atoms with van der Waals surface area (Å²) < 4.78 is 31.0. The second kappa shape index (κ2) is 10.8. The fraction of sp³-hybridized carbons (Fsp3) is 0.333. The highest BCUT2D eigenvalue weighted by molar-refractivity contribution is 5.93. The van der Waals surface area contributed by atoms with E-state index in [1.54, 1.807) is 24.3 Å². The Hall–Kier alpha value is -3.42. The minimum Gasteiger partial charge on any atom is -0.497 e. The topological polar surface area (TPSA) is 89.5 Å². The van der Waals surface area contributed by atoms with E-state index >= 15 is 0 Å². The number of carbonyl (C=O) groups excluding carboxylic acids is 2. The zero-order valence-electron chi connectivity index (χ0n) is 16.9. The highest BCUT2D eigenvalue weighted by Crippen LogP contribution is 2.25. The van der Waals surface area contributed by atoms with Gasteiger partial charge in [-0.1, -0.05) is 0 Å². The van der Waals surface area contributed by atoms with Crippen LogP contribution >= 0.6 is 0 Å². The van der Waals surface area contributed by atoms with Crippen molar-refractivity contribution in [2.24, 2.45) is 0 Å². The first-order valence-electron chi connectivity index (χ1n) is 8.82. The van der Waals surface area contributed by atoms with Crippen LogP contribution in [-0.2, 0) is 9.47 Å². The van der Waals surface area contributed by atoms with Crippen molar-refractivity contribution in [2.45, 2.75) is 6.42 Å². The fourth-order valence-electron chi connectivity index (χ4n) is 2.49. The Morgan fingerprint density at radius 1 is 0.655 bits per heavy atom. The molecule has 0 spiro atoms. The Morgan fingerprint density at radius 2 is 1.07 bits per heavy atom. The van der Waals surface area contributed by atoms with E-state index in [0.29, 0.717) is 29.4 Å². The molecule has 0 aliphatic rings. The lowest BCUT2D eigenvalue weighted by molar-refractivity contribution is 0.0392. The number of hydrogen-bond donors (Lipinski definition) is 0. The molecule has 29 heavy (non-hydrogen) atoms. The molecule has 0 aliphatic heterocycles. The van der Waals surface area contributed by atoms with Crippen molar-refractivity contribution in [3.8, 4) is 23.0 Å². The molecule has 0 bridgehead atoms. The SMILES string of the molecule is COc1ccc(OC)c(C(=O)OCCCOC(=O)c2cc(OC)ccc2OC)c1. The van der Waals surface area contributed by atoms with Gasteiger partial charge in [0.2, 0.25) is 0 Å². The number of carbonyl (C=O) groups is 2. The summed E-state index contributed by atoms with van der Waals surface area (Å²) in [6.07, 6.45) is 0.329. The number of benzene rings is 2. The van der Waals surface area contributed by atoms with Gasteiger partial charge in [-0.2, -0.15) is 0 Å². The lowest BCUT2D eigenvalue weighted by atomic mass is 10.2. The first-order chi connectivity index (χ1) is 14.0. The van der Waals surface area contributed by atoms with Gasteiger partial charge in [-0.05, 0) is 36.4 Å². The molecule has 2 aromatic carbocycles. The zero-order valence-corrected chi connectivity index (χ0v) is 16.9. The van der Waals surface area contributed by atoms with E-state index in [4.69, 9.17) is 28.4 Å². The Morgan fingerprint density at radius 3 is 1.41 bits per heavy atom. The largest absolute Gasteiger partial charge is 0.497 e. The van der Waals surface area contributed by atoms with Crippen LogP contribution in [0.2, 0.25) is 0 Å². The van der Waals surface area contributed by atoms with E-state index in [0.717, 1.165) is 0 Å². The lowest BCUT2D eigenvalue weighted by Crippen LogP contribution is -2.12. The van der Waals surface area contributed by atoms with Crippen molar-refractivity contribution in [3.63, 3.8) is 0 Å². The van der Waals surface area contributed by atoms with Gasteiger partial charge in [0.25, 0.3) is 0 Å². The Kier molecular flexibility index (Phi) is 8.14. The van der Waals surface area contributed by atoms with E-state index in [-0.39, 0.29) is 24.3 Å². The normalized spacial score (nSPS) is 10.1. The van der Waals surface area contributed by atoms with Crippen LogP contribution in [0, 0.1) is 0 Å². The molecule has 0 saturated heterocycles. The van der Waals surface area contributed by atoms with Crippen LogP contribution in [0.4, 0.5) is 0 Å². The third-order valence-corrected chi connectivity index (χ3v) is 4.01. The van der Waals surface area contributed by atoms with Gasteiger partial charge in [0.15, 0.2) is 0 Å². The molecule has 8 heteroatoms. The molecular weight excluding hydrogens is 380 g/mol. The average molecular weight is 404 g/mol. The third-order valence-electron chi connectivity index (χ3n) is 4.01. The molecule has 8 nitrogen and oxygen atoms in total. The Balaban J connectivity index is 1.86. The van der Waals surface area contributed by atoms with Gasteiger partial charge < -0.3 is 28.4 Å². The standard InChI is InChI=1S/C21H24O8/c1-24-14-6-8-18(26-3)16(12-14)20(22)28-10-5-11-29-21(23)17-13-15(25-2)7-9-19(17)27-4/h6-9,12-13H,5,10-11H2,1-4H3. The summed E-state index contributed by atoms with van der Waals surface area (Å²) in [4.78, 5) is 24.5. The quantitative estimate of drug-likeness (QED) is 0.441. The van der Waals surface area contributed by atoms with Crippen LogP contribution in [0.5, 0.6) is 23.0 Å². The smallest absolute Gasteiger partial charge is 0.342 e. The molecule has 0 aromatic heterocycles. The minimum absolute atomic E-state index is 0.0712. The number of esters is 2. The highest BCUT2D eigenvalue weighted by Gasteiger charge is 2.17. The van der Waals surface area contributed by atoms with Crippen molar-refractivity contribution < 1.29 is 38.0 Å².